The van der Waals surface area contributed by atoms with Crippen molar-refractivity contribution in [3.8, 4) is 0 Å². The summed E-state index contributed by atoms with van der Waals surface area (Å²) >= 11 is 0. The van der Waals surface area contributed by atoms with Crippen molar-refractivity contribution in [2.45, 2.75) is 77.4 Å². The van der Waals surface area contributed by atoms with Gasteiger partial charge >= 0.3 is 5.97 Å². The van der Waals surface area contributed by atoms with Crippen LogP contribution in [0, 0.1) is 17.8 Å². The number of hydrogen-bond acceptors (Lipinski definition) is 5. The second kappa shape index (κ2) is 11.5. The Morgan fingerprint density at radius 3 is 2.16 bits per heavy atom. The summed E-state index contributed by atoms with van der Waals surface area (Å²) in [6.45, 7) is 7.70. The van der Waals surface area contributed by atoms with Crippen LogP contribution in [0.1, 0.15) is 71.3 Å². The molecule has 1 heterocycles. The molecular formula is C26H41NO4S. The van der Waals surface area contributed by atoms with Crippen LogP contribution in [0.5, 0.6) is 0 Å². The van der Waals surface area contributed by atoms with Crippen LogP contribution in [-0.4, -0.2) is 45.1 Å². The second-order valence-electron chi connectivity index (χ2n) is 9.98. The maximum absolute atomic E-state index is 12.2. The molecule has 32 heavy (non-hydrogen) atoms. The third kappa shape index (κ3) is 6.97. The Hall–Kier alpha value is -1.56. The van der Waals surface area contributed by atoms with Crippen molar-refractivity contribution < 1.29 is 17.9 Å². The number of sulfone groups is 1. The van der Waals surface area contributed by atoms with Gasteiger partial charge in [-0.15, -0.1) is 0 Å². The molecule has 0 unspecified atom stereocenters. The first kappa shape index (κ1) is 25.1. The van der Waals surface area contributed by atoms with E-state index < -0.39 is 9.84 Å². The zero-order valence-corrected chi connectivity index (χ0v) is 20.9. The molecule has 1 aliphatic heterocycles. The van der Waals surface area contributed by atoms with Crippen molar-refractivity contribution in [2.75, 3.05) is 30.3 Å². The molecule has 2 fully saturated rings. The van der Waals surface area contributed by atoms with E-state index in [2.05, 4.69) is 29.2 Å². The first-order valence-corrected chi connectivity index (χ1v) is 14.2. The fourth-order valence-electron chi connectivity index (χ4n) is 5.09. The number of nitrogens with zero attached hydrogens (tertiary/aromatic N) is 1. The van der Waals surface area contributed by atoms with E-state index in [-0.39, 0.29) is 17.1 Å². The lowest BCUT2D eigenvalue weighted by Crippen LogP contribution is -2.36. The zero-order chi connectivity index (χ0) is 23.1. The molecule has 0 spiro atoms. The van der Waals surface area contributed by atoms with Crippen molar-refractivity contribution in [3.63, 3.8) is 0 Å². The van der Waals surface area contributed by atoms with Crippen LogP contribution in [-0.2, 0) is 25.8 Å². The van der Waals surface area contributed by atoms with Gasteiger partial charge in [0.15, 0.2) is 9.84 Å². The highest BCUT2D eigenvalue weighted by Crippen LogP contribution is 2.33. The van der Waals surface area contributed by atoms with Gasteiger partial charge in [-0.1, -0.05) is 25.0 Å². The molecule has 1 saturated heterocycles. The van der Waals surface area contributed by atoms with E-state index in [1.807, 2.05) is 6.92 Å². The molecule has 1 saturated carbocycles. The molecule has 0 N–H and O–H groups in total. The molecule has 2 aliphatic rings. The van der Waals surface area contributed by atoms with E-state index in [0.29, 0.717) is 18.3 Å². The van der Waals surface area contributed by atoms with Gasteiger partial charge in [0.2, 0.25) is 0 Å². The second-order valence-corrected chi connectivity index (χ2v) is 12.6. The number of ether oxygens (including phenoxy) is 1. The van der Waals surface area contributed by atoms with Crippen LogP contribution in [0.15, 0.2) is 24.3 Å². The van der Waals surface area contributed by atoms with Crippen LogP contribution >= 0.6 is 0 Å². The Kier molecular flexibility index (Phi) is 9.04. The van der Waals surface area contributed by atoms with E-state index >= 15 is 0 Å². The van der Waals surface area contributed by atoms with Crippen molar-refractivity contribution in [1.82, 2.24) is 0 Å². The van der Waals surface area contributed by atoms with E-state index in [1.165, 1.54) is 17.7 Å². The quantitative estimate of drug-likeness (QED) is 0.481. The third-order valence-corrected chi connectivity index (χ3v) is 9.78. The lowest BCUT2D eigenvalue weighted by atomic mass is 9.80. The van der Waals surface area contributed by atoms with Crippen LogP contribution in [0.25, 0.3) is 0 Å². The molecule has 0 radical (unpaired) electrons. The molecule has 180 valence electrons. The summed E-state index contributed by atoms with van der Waals surface area (Å²) in [7, 11) is -2.92. The summed E-state index contributed by atoms with van der Waals surface area (Å²) in [6, 6.07) is 8.92. The topological polar surface area (TPSA) is 63.7 Å². The number of esters is 1. The first-order valence-electron chi connectivity index (χ1n) is 12.5. The van der Waals surface area contributed by atoms with Gasteiger partial charge in [0.25, 0.3) is 0 Å². The number of piperidine rings is 1. The van der Waals surface area contributed by atoms with Crippen molar-refractivity contribution >= 4 is 21.5 Å². The van der Waals surface area contributed by atoms with Crippen molar-refractivity contribution in [2.24, 2.45) is 17.8 Å². The number of rotatable bonds is 9. The molecule has 0 atom stereocenters. The average Bonchev–Trinajstić information content (AvgIpc) is 2.79. The number of benzene rings is 1. The highest BCUT2D eigenvalue weighted by Gasteiger charge is 2.28. The Labute approximate surface area is 194 Å². The monoisotopic (exact) mass is 463 g/mol. The van der Waals surface area contributed by atoms with E-state index in [9.17, 15) is 13.2 Å². The Balaban J connectivity index is 1.39. The largest absolute Gasteiger partial charge is 0.466 e. The van der Waals surface area contributed by atoms with Crippen molar-refractivity contribution in [3.05, 3.63) is 29.8 Å². The predicted molar refractivity (Wildman–Crippen MR) is 131 cm³/mol. The van der Waals surface area contributed by atoms with Crippen LogP contribution < -0.4 is 4.90 Å². The van der Waals surface area contributed by atoms with Gasteiger partial charge in [-0.2, -0.15) is 0 Å². The molecule has 0 amide bonds. The number of hydrogen-bond donors (Lipinski definition) is 0. The highest BCUT2D eigenvalue weighted by atomic mass is 32.2. The minimum Gasteiger partial charge on any atom is -0.466 e. The lowest BCUT2D eigenvalue weighted by Gasteiger charge is -2.32. The zero-order valence-electron chi connectivity index (χ0n) is 20.1. The Bertz CT molecular complexity index is 818. The van der Waals surface area contributed by atoms with Crippen LogP contribution in [0.4, 0.5) is 5.69 Å². The minimum absolute atomic E-state index is 0.0434. The average molecular weight is 464 g/mol. The smallest absolute Gasteiger partial charge is 0.309 e. The van der Waals surface area contributed by atoms with Gasteiger partial charge in [0, 0.05) is 18.8 Å². The molecule has 5 nitrogen and oxygen atoms in total. The molecule has 1 aromatic rings. The van der Waals surface area contributed by atoms with Crippen LogP contribution in [0.2, 0.25) is 0 Å². The molecule has 0 aromatic heterocycles. The normalized spacial score (nSPS) is 22.8. The third-order valence-electron chi connectivity index (χ3n) is 7.41. The number of carbonyl (C=O) groups is 1. The maximum Gasteiger partial charge on any atom is 0.309 e. The molecule has 6 heteroatoms. The summed E-state index contributed by atoms with van der Waals surface area (Å²) in [5.41, 5.74) is 2.61. The minimum atomic E-state index is -2.92. The Morgan fingerprint density at radius 1 is 1.00 bits per heavy atom. The van der Waals surface area contributed by atoms with Gasteiger partial charge in [-0.25, -0.2) is 8.42 Å². The van der Waals surface area contributed by atoms with Gasteiger partial charge in [-0.05, 0) is 88.8 Å². The van der Waals surface area contributed by atoms with E-state index in [0.717, 1.165) is 64.0 Å². The fourth-order valence-corrected chi connectivity index (χ4v) is 6.46. The van der Waals surface area contributed by atoms with Crippen molar-refractivity contribution in [1.29, 1.82) is 0 Å². The lowest BCUT2D eigenvalue weighted by molar-refractivity contribution is -0.148. The maximum atomic E-state index is 12.2. The molecule has 1 aliphatic carbocycles. The molecule has 0 bridgehead atoms. The van der Waals surface area contributed by atoms with Gasteiger partial charge in [0.05, 0.1) is 23.5 Å². The Morgan fingerprint density at radius 2 is 1.59 bits per heavy atom. The summed E-state index contributed by atoms with van der Waals surface area (Å²) in [5.74, 6) is 1.44. The standard InChI is InChI=1S/C26H41NO4S/c1-4-31-26(28)24-15-17-27(18-16-24)25-13-11-22(12-14-25)6-5-21-7-9-23(10-8-21)19-32(29,30)20(2)3/h11-14,20-21,23-24H,4-10,15-19H2,1-3H3. The summed E-state index contributed by atoms with van der Waals surface area (Å²) in [6.07, 6.45) is 8.42. The van der Waals surface area contributed by atoms with Gasteiger partial charge in [-0.3, -0.25) is 4.79 Å². The summed E-state index contributed by atoms with van der Waals surface area (Å²) in [4.78, 5) is 14.3. The van der Waals surface area contributed by atoms with Crippen LogP contribution in [0.3, 0.4) is 0 Å². The summed E-state index contributed by atoms with van der Waals surface area (Å²) in [5, 5.41) is -0.257. The van der Waals surface area contributed by atoms with E-state index in [4.69, 9.17) is 4.74 Å². The fraction of sp³-hybridized carbons (Fsp3) is 0.731. The molecule has 1 aromatic carbocycles. The highest BCUT2D eigenvalue weighted by molar-refractivity contribution is 7.91. The first-order chi connectivity index (χ1) is 15.3. The molecule has 3 rings (SSSR count). The van der Waals surface area contributed by atoms with E-state index in [1.54, 1.807) is 13.8 Å². The summed E-state index contributed by atoms with van der Waals surface area (Å²) < 4.78 is 29.5. The number of aryl methyl sites for hydroxylation is 1. The van der Waals surface area contributed by atoms with Gasteiger partial charge in [0.1, 0.15) is 0 Å². The SMILES string of the molecule is CCOC(=O)C1CCN(c2ccc(CCC3CCC(CS(=O)(=O)C(C)C)CC3)cc2)CC1. The predicted octanol–water partition coefficient (Wildman–Crippen LogP) is 5.03. The molecular weight excluding hydrogens is 422 g/mol. The van der Waals surface area contributed by atoms with Gasteiger partial charge < -0.3 is 9.64 Å². The number of anilines is 1. The number of carbonyl (C=O) groups excluding carboxylic acids is 1.